The standard InChI is InChI=1S/2C10H10INO2/c2*11-8-1-3-9(4-2-8)12-5-6-14-7-10(12)13/h2*1-4H,5-7H2. The molecule has 0 atom stereocenters. The highest BCUT2D eigenvalue weighted by molar-refractivity contribution is 14.1. The van der Waals surface area contributed by atoms with E-state index in [4.69, 9.17) is 9.47 Å². The molecule has 8 heteroatoms. The van der Waals surface area contributed by atoms with Gasteiger partial charge in [0.15, 0.2) is 0 Å². The first-order valence-corrected chi connectivity index (χ1v) is 11.0. The molecule has 2 aromatic carbocycles. The van der Waals surface area contributed by atoms with Crippen LogP contribution >= 0.6 is 45.2 Å². The second-order valence-corrected chi connectivity index (χ2v) is 8.64. The van der Waals surface area contributed by atoms with Crippen LogP contribution in [-0.2, 0) is 19.1 Å². The summed E-state index contributed by atoms with van der Waals surface area (Å²) in [5.74, 6) is 0.0786. The molecule has 2 amide bonds. The lowest BCUT2D eigenvalue weighted by Crippen LogP contribution is -2.41. The van der Waals surface area contributed by atoms with Crippen LogP contribution in [0.2, 0.25) is 0 Å². The Hall–Kier alpha value is -1.24. The van der Waals surface area contributed by atoms with Gasteiger partial charge in [-0.2, -0.15) is 0 Å². The van der Waals surface area contributed by atoms with Crippen molar-refractivity contribution in [2.75, 3.05) is 49.3 Å². The average Bonchev–Trinajstić information content (AvgIpc) is 2.71. The predicted octanol–water partition coefficient (Wildman–Crippen LogP) is 3.31. The Bertz CT molecular complexity index is 742. The van der Waals surface area contributed by atoms with Gasteiger partial charge in [0.2, 0.25) is 0 Å². The lowest BCUT2D eigenvalue weighted by atomic mass is 10.2. The molecule has 0 bridgehead atoms. The van der Waals surface area contributed by atoms with Gasteiger partial charge < -0.3 is 19.3 Å². The van der Waals surface area contributed by atoms with Crippen molar-refractivity contribution in [2.45, 2.75) is 0 Å². The summed E-state index contributed by atoms with van der Waals surface area (Å²) in [5.41, 5.74) is 1.91. The number of benzene rings is 2. The molecule has 0 radical (unpaired) electrons. The topological polar surface area (TPSA) is 59.1 Å². The molecule has 4 rings (SSSR count). The first-order chi connectivity index (χ1) is 13.5. The summed E-state index contributed by atoms with van der Waals surface area (Å²) in [4.78, 5) is 26.5. The van der Waals surface area contributed by atoms with Gasteiger partial charge in [-0.15, -0.1) is 0 Å². The Labute approximate surface area is 191 Å². The maximum absolute atomic E-state index is 11.5. The van der Waals surface area contributed by atoms with E-state index in [0.29, 0.717) is 26.3 Å². The molecule has 148 valence electrons. The fraction of sp³-hybridized carbons (Fsp3) is 0.300. The van der Waals surface area contributed by atoms with E-state index < -0.39 is 0 Å². The minimum absolute atomic E-state index is 0.0393. The van der Waals surface area contributed by atoms with Crippen molar-refractivity contribution < 1.29 is 19.1 Å². The monoisotopic (exact) mass is 606 g/mol. The zero-order valence-electron chi connectivity index (χ0n) is 15.1. The molecule has 6 nitrogen and oxygen atoms in total. The Morgan fingerprint density at radius 3 is 1.32 bits per heavy atom. The van der Waals surface area contributed by atoms with E-state index in [9.17, 15) is 9.59 Å². The Balaban J connectivity index is 0.000000161. The average molecular weight is 606 g/mol. The number of anilines is 2. The molecule has 2 aliphatic rings. The number of carbonyl (C=O) groups is 2. The van der Waals surface area contributed by atoms with E-state index in [-0.39, 0.29) is 25.0 Å². The van der Waals surface area contributed by atoms with Crippen molar-refractivity contribution in [3.05, 3.63) is 55.7 Å². The first kappa shape index (κ1) is 21.5. The summed E-state index contributed by atoms with van der Waals surface area (Å²) in [7, 11) is 0. The van der Waals surface area contributed by atoms with Crippen LogP contribution in [0, 0.1) is 7.14 Å². The Morgan fingerprint density at radius 2 is 1.00 bits per heavy atom. The zero-order valence-corrected chi connectivity index (χ0v) is 19.5. The van der Waals surface area contributed by atoms with Crippen LogP contribution in [0.3, 0.4) is 0 Å². The van der Waals surface area contributed by atoms with Crippen LogP contribution in [0.25, 0.3) is 0 Å². The Kier molecular flexibility index (Phi) is 8.06. The molecule has 0 spiro atoms. The van der Waals surface area contributed by atoms with Gasteiger partial charge >= 0.3 is 0 Å². The van der Waals surface area contributed by atoms with Crippen LogP contribution in [-0.4, -0.2) is 51.3 Å². The number of hydrogen-bond donors (Lipinski definition) is 0. The van der Waals surface area contributed by atoms with Crippen LogP contribution in [0.1, 0.15) is 0 Å². The van der Waals surface area contributed by atoms with Gasteiger partial charge in [0, 0.05) is 31.6 Å². The molecule has 0 aliphatic carbocycles. The summed E-state index contributed by atoms with van der Waals surface area (Å²) < 4.78 is 12.5. The molecule has 2 aromatic rings. The summed E-state index contributed by atoms with van der Waals surface area (Å²) >= 11 is 4.49. The molecule has 28 heavy (non-hydrogen) atoms. The summed E-state index contributed by atoms with van der Waals surface area (Å²) in [6.45, 7) is 2.95. The van der Waals surface area contributed by atoms with E-state index >= 15 is 0 Å². The number of ether oxygens (including phenoxy) is 2. The van der Waals surface area contributed by atoms with E-state index in [1.807, 2.05) is 48.5 Å². The maximum atomic E-state index is 11.5. The highest BCUT2D eigenvalue weighted by Gasteiger charge is 2.20. The molecule has 2 heterocycles. The SMILES string of the molecule is O=C1COCCN1c1ccc(I)cc1.O=C1COCCN1c1ccc(I)cc1. The number of hydrogen-bond acceptors (Lipinski definition) is 4. The molecular formula is C20H20I2N2O4. The van der Waals surface area contributed by atoms with Crippen molar-refractivity contribution >= 4 is 68.4 Å². The highest BCUT2D eigenvalue weighted by atomic mass is 127. The van der Waals surface area contributed by atoms with E-state index in [1.165, 1.54) is 7.14 Å². The van der Waals surface area contributed by atoms with Crippen molar-refractivity contribution in [1.29, 1.82) is 0 Å². The molecule has 0 N–H and O–H groups in total. The molecule has 2 aliphatic heterocycles. The van der Waals surface area contributed by atoms with E-state index in [0.717, 1.165) is 11.4 Å². The van der Waals surface area contributed by atoms with Gasteiger partial charge in [-0.3, -0.25) is 9.59 Å². The largest absolute Gasteiger partial charge is 0.370 e. The third-order valence-electron chi connectivity index (χ3n) is 4.25. The molecular weight excluding hydrogens is 586 g/mol. The minimum atomic E-state index is 0.0393. The van der Waals surface area contributed by atoms with Crippen LogP contribution in [0.15, 0.2) is 48.5 Å². The van der Waals surface area contributed by atoms with Gasteiger partial charge in [0.1, 0.15) is 13.2 Å². The number of amides is 2. The number of carbonyl (C=O) groups excluding carboxylic acids is 2. The number of morpholine rings is 2. The van der Waals surface area contributed by atoms with Crippen molar-refractivity contribution in [1.82, 2.24) is 0 Å². The lowest BCUT2D eigenvalue weighted by molar-refractivity contribution is -0.126. The highest BCUT2D eigenvalue weighted by Crippen LogP contribution is 2.19. The summed E-state index contributed by atoms with van der Waals surface area (Å²) in [5, 5.41) is 0. The minimum Gasteiger partial charge on any atom is -0.370 e. The molecule has 2 fully saturated rings. The fourth-order valence-corrected chi connectivity index (χ4v) is 3.54. The third-order valence-corrected chi connectivity index (χ3v) is 5.69. The quantitative estimate of drug-likeness (QED) is 0.493. The normalized spacial score (nSPS) is 17.2. The molecule has 0 aromatic heterocycles. The van der Waals surface area contributed by atoms with Gasteiger partial charge in [-0.25, -0.2) is 0 Å². The van der Waals surface area contributed by atoms with Gasteiger partial charge in [0.05, 0.1) is 13.2 Å². The van der Waals surface area contributed by atoms with Crippen LogP contribution < -0.4 is 9.80 Å². The Morgan fingerprint density at radius 1 is 0.643 bits per heavy atom. The van der Waals surface area contributed by atoms with Crippen molar-refractivity contribution in [3.8, 4) is 0 Å². The van der Waals surface area contributed by atoms with Gasteiger partial charge in [-0.1, -0.05) is 0 Å². The molecule has 2 saturated heterocycles. The number of halogens is 2. The van der Waals surface area contributed by atoms with Crippen LogP contribution in [0.4, 0.5) is 11.4 Å². The smallest absolute Gasteiger partial charge is 0.253 e. The second kappa shape index (κ2) is 10.5. The van der Waals surface area contributed by atoms with Gasteiger partial charge in [0.25, 0.3) is 11.8 Å². The van der Waals surface area contributed by atoms with Crippen LogP contribution in [0.5, 0.6) is 0 Å². The molecule has 0 saturated carbocycles. The number of rotatable bonds is 2. The third kappa shape index (κ3) is 5.88. The lowest BCUT2D eigenvalue weighted by Gasteiger charge is -2.26. The van der Waals surface area contributed by atoms with Crippen molar-refractivity contribution in [2.24, 2.45) is 0 Å². The first-order valence-electron chi connectivity index (χ1n) is 8.82. The second-order valence-electron chi connectivity index (χ2n) is 6.15. The summed E-state index contributed by atoms with van der Waals surface area (Å²) in [6, 6.07) is 15.8. The predicted molar refractivity (Wildman–Crippen MR) is 125 cm³/mol. The van der Waals surface area contributed by atoms with E-state index in [2.05, 4.69) is 45.2 Å². The summed E-state index contributed by atoms with van der Waals surface area (Å²) in [6.07, 6.45) is 0. The van der Waals surface area contributed by atoms with Gasteiger partial charge in [-0.05, 0) is 93.7 Å². The fourth-order valence-electron chi connectivity index (χ4n) is 2.82. The maximum Gasteiger partial charge on any atom is 0.253 e. The number of nitrogens with zero attached hydrogens (tertiary/aromatic N) is 2. The van der Waals surface area contributed by atoms with E-state index in [1.54, 1.807) is 9.80 Å². The molecule has 0 unspecified atom stereocenters. The zero-order chi connectivity index (χ0) is 19.9. The van der Waals surface area contributed by atoms with Crippen molar-refractivity contribution in [3.63, 3.8) is 0 Å².